The minimum absolute atomic E-state index is 0.0693. The zero-order valence-electron chi connectivity index (χ0n) is 8.15. The lowest BCUT2D eigenvalue weighted by molar-refractivity contribution is 0.592. The van der Waals surface area contributed by atoms with Gasteiger partial charge in [-0.15, -0.1) is 0 Å². The Bertz CT molecular complexity index is 458. The molecule has 80 valence electrons. The van der Waals surface area contributed by atoms with Crippen molar-refractivity contribution in [1.82, 2.24) is 14.8 Å². The average Bonchev–Trinajstić information content (AvgIpc) is 2.33. The molecule has 0 saturated heterocycles. The Kier molecular flexibility index (Phi) is 3.43. The van der Waals surface area contributed by atoms with E-state index in [1.807, 2.05) is 6.92 Å². The van der Waals surface area contributed by atoms with E-state index in [9.17, 15) is 8.42 Å². The van der Waals surface area contributed by atoms with Crippen LogP contribution in [0.25, 0.3) is 0 Å². The van der Waals surface area contributed by atoms with Crippen LogP contribution >= 0.6 is 12.2 Å². The first-order valence-corrected chi connectivity index (χ1v) is 6.72. The highest BCUT2D eigenvalue weighted by Gasteiger charge is 2.11. The van der Waals surface area contributed by atoms with Crippen LogP contribution in [0.3, 0.4) is 0 Å². The molecule has 0 aliphatic rings. The smallest absolute Gasteiger partial charge is 0.195 e. The first-order valence-electron chi connectivity index (χ1n) is 4.26. The SMILES string of the molecule is CCCn1c(CS(C)(=O)=O)n[nH]c1=S. The third-order valence-electron chi connectivity index (χ3n) is 1.68. The Morgan fingerprint density at radius 2 is 2.21 bits per heavy atom. The van der Waals surface area contributed by atoms with E-state index in [0.717, 1.165) is 6.42 Å². The van der Waals surface area contributed by atoms with Gasteiger partial charge in [0, 0.05) is 12.8 Å². The van der Waals surface area contributed by atoms with Crippen molar-refractivity contribution in [1.29, 1.82) is 0 Å². The van der Waals surface area contributed by atoms with E-state index in [1.54, 1.807) is 4.57 Å². The summed E-state index contributed by atoms with van der Waals surface area (Å²) in [5, 5.41) is 6.48. The van der Waals surface area contributed by atoms with Crippen LogP contribution in [-0.2, 0) is 22.1 Å². The molecule has 0 amide bonds. The fraction of sp³-hybridized carbons (Fsp3) is 0.714. The van der Waals surface area contributed by atoms with Gasteiger partial charge in [0.2, 0.25) is 0 Å². The van der Waals surface area contributed by atoms with Crippen LogP contribution in [0.15, 0.2) is 0 Å². The maximum Gasteiger partial charge on any atom is 0.195 e. The fourth-order valence-corrected chi connectivity index (χ4v) is 2.08. The number of rotatable bonds is 4. The Labute approximate surface area is 88.1 Å². The van der Waals surface area contributed by atoms with E-state index in [0.29, 0.717) is 17.1 Å². The number of nitrogens with zero attached hydrogens (tertiary/aromatic N) is 2. The molecule has 0 bridgehead atoms. The minimum Gasteiger partial charge on any atom is -0.303 e. The van der Waals surface area contributed by atoms with Crippen molar-refractivity contribution in [2.45, 2.75) is 25.6 Å². The second-order valence-corrected chi connectivity index (χ2v) is 5.69. The van der Waals surface area contributed by atoms with Gasteiger partial charge in [-0.2, -0.15) is 5.10 Å². The van der Waals surface area contributed by atoms with Gasteiger partial charge in [-0.25, -0.2) is 8.42 Å². The Balaban J connectivity index is 3.04. The summed E-state index contributed by atoms with van der Waals surface area (Å²) in [6, 6.07) is 0. The van der Waals surface area contributed by atoms with Crippen molar-refractivity contribution in [2.75, 3.05) is 6.26 Å². The van der Waals surface area contributed by atoms with Gasteiger partial charge in [-0.3, -0.25) is 5.10 Å². The van der Waals surface area contributed by atoms with Crippen molar-refractivity contribution in [2.24, 2.45) is 0 Å². The molecule has 1 heterocycles. The maximum absolute atomic E-state index is 11.1. The highest BCUT2D eigenvalue weighted by atomic mass is 32.2. The number of H-pyrrole nitrogens is 1. The molecule has 0 unspecified atom stereocenters. The van der Waals surface area contributed by atoms with Gasteiger partial charge in [0.05, 0.1) is 0 Å². The zero-order valence-corrected chi connectivity index (χ0v) is 9.78. The zero-order chi connectivity index (χ0) is 10.8. The van der Waals surface area contributed by atoms with Gasteiger partial charge < -0.3 is 4.57 Å². The van der Waals surface area contributed by atoms with Crippen LogP contribution in [0, 0.1) is 4.77 Å². The molecule has 1 aromatic heterocycles. The van der Waals surface area contributed by atoms with E-state index < -0.39 is 9.84 Å². The lowest BCUT2D eigenvalue weighted by Crippen LogP contribution is -2.09. The summed E-state index contributed by atoms with van der Waals surface area (Å²) in [6.45, 7) is 2.69. The molecular weight excluding hydrogens is 222 g/mol. The predicted molar refractivity (Wildman–Crippen MR) is 56.3 cm³/mol. The van der Waals surface area contributed by atoms with Gasteiger partial charge in [0.15, 0.2) is 14.6 Å². The van der Waals surface area contributed by atoms with Crippen LogP contribution < -0.4 is 0 Å². The molecule has 14 heavy (non-hydrogen) atoms. The van der Waals surface area contributed by atoms with Crippen molar-refractivity contribution < 1.29 is 8.42 Å². The summed E-state index contributed by atoms with van der Waals surface area (Å²) in [5.41, 5.74) is 0. The van der Waals surface area contributed by atoms with Crippen molar-refractivity contribution in [3.05, 3.63) is 10.6 Å². The summed E-state index contributed by atoms with van der Waals surface area (Å²) < 4.78 is 24.3. The summed E-state index contributed by atoms with van der Waals surface area (Å²) in [7, 11) is -3.05. The quantitative estimate of drug-likeness (QED) is 0.787. The molecule has 5 nitrogen and oxygen atoms in total. The summed E-state index contributed by atoms with van der Waals surface area (Å²) in [5.74, 6) is 0.416. The second kappa shape index (κ2) is 4.22. The largest absolute Gasteiger partial charge is 0.303 e. The van der Waals surface area contributed by atoms with Crippen LogP contribution in [0.4, 0.5) is 0 Å². The highest BCUT2D eigenvalue weighted by molar-refractivity contribution is 7.89. The molecule has 0 radical (unpaired) electrons. The molecule has 7 heteroatoms. The summed E-state index contributed by atoms with van der Waals surface area (Å²) >= 11 is 4.98. The van der Waals surface area contributed by atoms with Gasteiger partial charge in [-0.05, 0) is 18.6 Å². The van der Waals surface area contributed by atoms with Crippen molar-refractivity contribution in [3.8, 4) is 0 Å². The van der Waals surface area contributed by atoms with Crippen molar-refractivity contribution in [3.63, 3.8) is 0 Å². The molecule has 0 saturated carbocycles. The van der Waals surface area contributed by atoms with Gasteiger partial charge in [-0.1, -0.05) is 6.92 Å². The highest BCUT2D eigenvalue weighted by Crippen LogP contribution is 2.04. The van der Waals surface area contributed by atoms with E-state index in [-0.39, 0.29) is 5.75 Å². The lowest BCUT2D eigenvalue weighted by Gasteiger charge is -2.02. The Morgan fingerprint density at radius 3 is 2.71 bits per heavy atom. The fourth-order valence-electron chi connectivity index (χ4n) is 1.15. The molecule has 0 atom stereocenters. The van der Waals surface area contributed by atoms with Gasteiger partial charge in [0.1, 0.15) is 11.6 Å². The van der Waals surface area contributed by atoms with Crippen LogP contribution in [0.1, 0.15) is 19.2 Å². The van der Waals surface area contributed by atoms with Gasteiger partial charge >= 0.3 is 0 Å². The molecular formula is C7H13N3O2S2. The number of aromatic nitrogens is 3. The lowest BCUT2D eigenvalue weighted by atomic mass is 10.5. The van der Waals surface area contributed by atoms with Crippen LogP contribution in [0.2, 0.25) is 0 Å². The number of hydrogen-bond donors (Lipinski definition) is 1. The first-order chi connectivity index (χ1) is 6.44. The predicted octanol–water partition coefficient (Wildman–Crippen LogP) is 0.895. The van der Waals surface area contributed by atoms with Gasteiger partial charge in [0.25, 0.3) is 0 Å². The standard InChI is InChI=1S/C7H13N3O2S2/c1-3-4-10-6(5-14(2,11)12)8-9-7(10)13/h3-5H2,1-2H3,(H,9,13). The normalized spacial score (nSPS) is 11.9. The monoisotopic (exact) mass is 235 g/mol. The first kappa shape index (κ1) is 11.4. The summed E-state index contributed by atoms with van der Waals surface area (Å²) in [4.78, 5) is 0. The Morgan fingerprint density at radius 1 is 1.57 bits per heavy atom. The Hall–Kier alpha value is -0.690. The van der Waals surface area contributed by atoms with Crippen LogP contribution in [-0.4, -0.2) is 29.4 Å². The molecule has 0 aliphatic heterocycles. The molecule has 0 spiro atoms. The molecule has 0 fully saturated rings. The topological polar surface area (TPSA) is 67.8 Å². The third kappa shape index (κ3) is 2.91. The van der Waals surface area contributed by atoms with E-state index in [4.69, 9.17) is 12.2 Å². The number of aromatic amines is 1. The van der Waals surface area contributed by atoms with Crippen molar-refractivity contribution >= 4 is 22.1 Å². The number of hydrogen-bond acceptors (Lipinski definition) is 4. The second-order valence-electron chi connectivity index (χ2n) is 3.17. The molecule has 0 aromatic carbocycles. The average molecular weight is 235 g/mol. The molecule has 0 aliphatic carbocycles. The molecule has 1 aromatic rings. The van der Waals surface area contributed by atoms with E-state index >= 15 is 0 Å². The maximum atomic E-state index is 11.1. The third-order valence-corrected chi connectivity index (χ3v) is 2.77. The van der Waals surface area contributed by atoms with E-state index in [2.05, 4.69) is 10.2 Å². The number of nitrogens with one attached hydrogen (secondary N) is 1. The minimum atomic E-state index is -3.05. The number of sulfone groups is 1. The van der Waals surface area contributed by atoms with Crippen LogP contribution in [0.5, 0.6) is 0 Å². The molecule has 1 rings (SSSR count). The van der Waals surface area contributed by atoms with E-state index in [1.165, 1.54) is 6.26 Å². The molecule has 1 N–H and O–H groups in total. The summed E-state index contributed by atoms with van der Waals surface area (Å²) in [6.07, 6.45) is 2.08.